The number of aliphatic hydroxyl groups is 2. The van der Waals surface area contributed by atoms with Crippen LogP contribution in [0.5, 0.6) is 11.5 Å². The molecular formula is C48H64Cl2N12O10. The van der Waals surface area contributed by atoms with Crippen LogP contribution >= 0.6 is 23.2 Å². The summed E-state index contributed by atoms with van der Waals surface area (Å²) in [6.45, 7) is 3.45. The zero-order valence-corrected chi connectivity index (χ0v) is 41.7. The number of Topliss-reactive ketones (excluding diaryl/α,β-unsaturated/α-hetero) is 2. The van der Waals surface area contributed by atoms with E-state index in [1.165, 1.54) is 0 Å². The average Bonchev–Trinajstić information content (AvgIpc) is 3.35. The Hall–Kier alpha value is -6.56. The Balaban J connectivity index is 0.945. The molecule has 2 amide bonds. The molecule has 13 N–H and O–H groups in total. The van der Waals surface area contributed by atoms with Crippen molar-refractivity contribution in [2.24, 2.45) is 10.7 Å². The molecule has 0 radical (unpaired) electrons. The van der Waals surface area contributed by atoms with Crippen molar-refractivity contribution in [3.05, 3.63) is 87.0 Å². The van der Waals surface area contributed by atoms with Gasteiger partial charge in [-0.1, -0.05) is 53.9 Å². The Morgan fingerprint density at radius 2 is 1.26 bits per heavy atom. The van der Waals surface area contributed by atoms with E-state index in [1.807, 2.05) is 48.5 Å². The van der Waals surface area contributed by atoms with Gasteiger partial charge in [-0.15, -0.1) is 0 Å². The van der Waals surface area contributed by atoms with Crippen LogP contribution in [0.25, 0.3) is 0 Å². The number of hydrogen-bond donors (Lipinski definition) is 9. The lowest BCUT2D eigenvalue weighted by atomic mass is 10.0. The highest BCUT2D eigenvalue weighted by Crippen LogP contribution is 2.20. The topological polar surface area (TPSA) is 362 Å². The van der Waals surface area contributed by atoms with Crippen molar-refractivity contribution in [1.82, 2.24) is 30.6 Å². The van der Waals surface area contributed by atoms with Gasteiger partial charge in [0.1, 0.15) is 30.8 Å². The fraction of sp³-hybridized carbons (Fsp3) is 0.458. The summed E-state index contributed by atoms with van der Waals surface area (Å²) in [5, 5.41) is 33.4. The molecule has 2 unspecified atom stereocenters. The van der Waals surface area contributed by atoms with Gasteiger partial charge in [0.05, 0.1) is 31.9 Å². The number of aryl methyl sites for hydroxylation is 3. The minimum Gasteiger partial charge on any atom is -0.491 e. The second kappa shape index (κ2) is 31.0. The molecule has 24 heteroatoms. The quantitative estimate of drug-likeness (QED) is 0.0142. The van der Waals surface area contributed by atoms with Gasteiger partial charge < -0.3 is 62.8 Å². The predicted octanol–water partition coefficient (Wildman–Crippen LogP) is 3.77. The normalized spacial score (nSPS) is 12.2. The number of guanidine groups is 1. The molecule has 0 saturated carbocycles. The van der Waals surface area contributed by atoms with E-state index in [0.717, 1.165) is 49.7 Å². The minimum atomic E-state index is -1.93. The third kappa shape index (κ3) is 20.7. The number of aliphatic imine (C=N–C) groups is 1. The van der Waals surface area contributed by atoms with Gasteiger partial charge in [0.15, 0.2) is 62.8 Å². The van der Waals surface area contributed by atoms with Crippen LogP contribution in [0.2, 0.25) is 10.3 Å². The first kappa shape index (κ1) is 58.0. The lowest BCUT2D eigenvalue weighted by Gasteiger charge is -2.16. The molecule has 4 aromatic rings. The summed E-state index contributed by atoms with van der Waals surface area (Å²) in [4.78, 5) is 69.4. The number of aliphatic hydroxyl groups excluding tert-OH is 2. The smallest absolute Gasteiger partial charge is 0.280 e. The monoisotopic (exact) mass is 1040 g/mol. The molecule has 22 nitrogen and oxygen atoms in total. The van der Waals surface area contributed by atoms with E-state index in [1.54, 1.807) is 6.92 Å². The highest BCUT2D eigenvalue weighted by atomic mass is 35.5. The zero-order chi connectivity index (χ0) is 52.4. The molecule has 0 aliphatic rings. The first-order valence-corrected chi connectivity index (χ1v) is 24.1. The van der Waals surface area contributed by atoms with Crippen LogP contribution < -0.4 is 43.0 Å². The number of benzene rings is 2. The van der Waals surface area contributed by atoms with Crippen LogP contribution in [-0.2, 0) is 31.9 Å². The van der Waals surface area contributed by atoms with Gasteiger partial charge in [-0.3, -0.25) is 29.5 Å². The Morgan fingerprint density at radius 1 is 0.681 bits per heavy atom. The van der Waals surface area contributed by atoms with E-state index in [-0.39, 0.29) is 116 Å². The van der Waals surface area contributed by atoms with Crippen LogP contribution in [0.15, 0.2) is 53.5 Å². The highest BCUT2D eigenvalue weighted by molar-refractivity contribution is 6.32. The van der Waals surface area contributed by atoms with Gasteiger partial charge >= 0.3 is 0 Å². The molecule has 2 aromatic heterocycles. The Morgan fingerprint density at radius 3 is 1.90 bits per heavy atom. The first-order chi connectivity index (χ1) is 34.5. The van der Waals surface area contributed by atoms with Crippen molar-refractivity contribution < 1.29 is 48.3 Å². The Bertz CT molecular complexity index is 2450. The van der Waals surface area contributed by atoms with E-state index in [2.05, 4.69) is 35.6 Å². The SMILES string of the molecule is Cc1nc(N)c(C(=O)CC(=N)CCCCCc2ccc(OCCOCCNC(=O)C(O)C(O)C(=O)CCCOCCOc3ccc(CCCCN=C(N)NC(=O)c4nc(Cl)c(N)nc4N)cc3)cc2)nc1Cl. The number of halogens is 2. The van der Waals surface area contributed by atoms with Crippen molar-refractivity contribution in [2.45, 2.75) is 89.8 Å². The van der Waals surface area contributed by atoms with E-state index in [0.29, 0.717) is 42.3 Å². The number of ketones is 2. The number of nitrogen functional groups attached to an aromatic ring is 3. The maximum atomic E-state index is 12.5. The minimum absolute atomic E-state index is 0.00146. The number of aromatic nitrogens is 4. The van der Waals surface area contributed by atoms with E-state index in [9.17, 15) is 29.4 Å². The second-order valence-electron chi connectivity index (χ2n) is 16.4. The number of carbonyl (C=O) groups excluding carboxylic acids is 4. The van der Waals surface area contributed by atoms with Crippen LogP contribution in [-0.4, -0.2) is 130 Å². The van der Waals surface area contributed by atoms with Crippen LogP contribution in [0, 0.1) is 12.3 Å². The van der Waals surface area contributed by atoms with E-state index < -0.39 is 29.8 Å². The molecule has 2 heterocycles. The Kier molecular flexibility index (Phi) is 25.0. The third-order valence-electron chi connectivity index (χ3n) is 10.6. The summed E-state index contributed by atoms with van der Waals surface area (Å²) >= 11 is 11.8. The number of hydrogen-bond acceptors (Lipinski definition) is 19. The molecule has 2 aromatic carbocycles. The lowest BCUT2D eigenvalue weighted by Crippen LogP contribution is -2.46. The Labute approximate surface area is 427 Å². The number of amides is 2. The molecule has 0 aliphatic heterocycles. The van der Waals surface area contributed by atoms with Gasteiger partial charge in [-0.25, -0.2) is 19.9 Å². The van der Waals surface area contributed by atoms with E-state index >= 15 is 0 Å². The molecule has 390 valence electrons. The van der Waals surface area contributed by atoms with Crippen molar-refractivity contribution in [2.75, 3.05) is 69.9 Å². The van der Waals surface area contributed by atoms with Crippen molar-refractivity contribution >= 4 is 75.7 Å². The first-order valence-electron chi connectivity index (χ1n) is 23.4. The number of carbonyl (C=O) groups is 4. The summed E-state index contributed by atoms with van der Waals surface area (Å²) in [6, 6.07) is 15.3. The van der Waals surface area contributed by atoms with Crippen LogP contribution in [0.1, 0.15) is 95.6 Å². The van der Waals surface area contributed by atoms with Crippen molar-refractivity contribution in [3.8, 4) is 11.5 Å². The molecule has 0 spiro atoms. The molecule has 72 heavy (non-hydrogen) atoms. The fourth-order valence-electron chi connectivity index (χ4n) is 6.71. The third-order valence-corrected chi connectivity index (χ3v) is 11.3. The van der Waals surface area contributed by atoms with Crippen molar-refractivity contribution in [1.29, 1.82) is 5.41 Å². The van der Waals surface area contributed by atoms with Gasteiger partial charge in [-0.05, 0) is 93.7 Å². The molecule has 0 fully saturated rings. The van der Waals surface area contributed by atoms with Crippen LogP contribution in [0.4, 0.5) is 17.5 Å². The number of anilines is 3. The average molecular weight is 1040 g/mol. The molecule has 2 atom stereocenters. The summed E-state index contributed by atoms with van der Waals surface area (Å²) < 4.78 is 22.5. The molecule has 0 bridgehead atoms. The van der Waals surface area contributed by atoms with Crippen LogP contribution in [0.3, 0.4) is 0 Å². The number of unbranched alkanes of at least 4 members (excludes halogenated alkanes) is 3. The molecule has 0 aliphatic carbocycles. The summed E-state index contributed by atoms with van der Waals surface area (Å²) in [7, 11) is 0. The standard InChI is InChI=1S/C48H64Cl2N12O10/c1-29-41(49)59-37(43(52)58-29)36(64)28-32(51)10-4-2-3-8-30-12-16-34(17-13-30)72-27-25-70-23-21-56-47(68)40(66)39(65)35(63)11-7-22-69-24-26-71-33-18-14-31(15-19-33)9-5-6-20-57-48(55)62-46(67)38-44(53)61-45(54)42(50)60-38/h12-19,39-40,51,65-66H,2-11,20-28H2,1H3,(H2,52,58)(H,56,68)(H4,53,54,61)(H3,55,57,62,67). The summed E-state index contributed by atoms with van der Waals surface area (Å²) in [5.41, 5.74) is 25.6. The number of nitrogens with one attached hydrogen (secondary N) is 3. The summed E-state index contributed by atoms with van der Waals surface area (Å²) in [5.74, 6) is -1.67. The molecule has 0 saturated heterocycles. The molecular weight excluding hydrogens is 976 g/mol. The van der Waals surface area contributed by atoms with Gasteiger partial charge in [0.25, 0.3) is 11.8 Å². The maximum Gasteiger partial charge on any atom is 0.280 e. The number of rotatable bonds is 33. The molecule has 4 rings (SSSR count). The number of ether oxygens (including phenoxy) is 4. The zero-order valence-electron chi connectivity index (χ0n) is 40.2. The van der Waals surface area contributed by atoms with Gasteiger partial charge in [-0.2, -0.15) is 0 Å². The van der Waals surface area contributed by atoms with Gasteiger partial charge in [0.2, 0.25) is 0 Å². The largest absolute Gasteiger partial charge is 0.491 e. The second-order valence-corrected chi connectivity index (χ2v) is 17.1. The van der Waals surface area contributed by atoms with Gasteiger partial charge in [0, 0.05) is 31.8 Å². The highest BCUT2D eigenvalue weighted by Gasteiger charge is 2.29. The lowest BCUT2D eigenvalue weighted by molar-refractivity contribution is -0.145. The number of nitrogens with two attached hydrogens (primary N) is 4. The van der Waals surface area contributed by atoms with Crippen molar-refractivity contribution in [3.63, 3.8) is 0 Å². The predicted molar refractivity (Wildman–Crippen MR) is 273 cm³/mol. The maximum absolute atomic E-state index is 12.5. The van der Waals surface area contributed by atoms with E-state index in [4.69, 9.17) is 70.5 Å². The summed E-state index contributed by atoms with van der Waals surface area (Å²) in [6.07, 6.45) is 2.56. The number of nitrogens with zero attached hydrogens (tertiary/aromatic N) is 5. The fourth-order valence-corrected chi connectivity index (χ4v) is 6.96.